The summed E-state index contributed by atoms with van der Waals surface area (Å²) < 4.78 is 5.07. The molecule has 14 heavy (non-hydrogen) atoms. The van der Waals surface area contributed by atoms with Gasteiger partial charge in [-0.25, -0.2) is 0 Å². The minimum atomic E-state index is -0.739. The molecule has 0 spiro atoms. The molecular weight excluding hydrogens is 180 g/mol. The SMILES string of the molecule is CCOC(=O)C1(C2(O)CCC2)CCC1. The Kier molecular flexibility index (Phi) is 2.30. The van der Waals surface area contributed by atoms with E-state index in [1.807, 2.05) is 6.92 Å². The number of hydrogen-bond donors (Lipinski definition) is 1. The Labute approximate surface area is 84.4 Å². The van der Waals surface area contributed by atoms with Crippen LogP contribution in [0.3, 0.4) is 0 Å². The largest absolute Gasteiger partial charge is 0.465 e. The molecule has 2 aliphatic carbocycles. The van der Waals surface area contributed by atoms with E-state index in [1.165, 1.54) is 0 Å². The van der Waals surface area contributed by atoms with Crippen molar-refractivity contribution in [1.29, 1.82) is 0 Å². The highest BCUT2D eigenvalue weighted by Crippen LogP contribution is 2.57. The van der Waals surface area contributed by atoms with Gasteiger partial charge in [0.15, 0.2) is 0 Å². The van der Waals surface area contributed by atoms with Crippen molar-refractivity contribution in [2.24, 2.45) is 5.41 Å². The second-order valence-electron chi connectivity index (χ2n) is 4.54. The van der Waals surface area contributed by atoms with E-state index in [1.54, 1.807) is 0 Å². The Hall–Kier alpha value is -0.570. The van der Waals surface area contributed by atoms with Crippen LogP contribution in [0, 0.1) is 5.41 Å². The first-order valence-electron chi connectivity index (χ1n) is 5.54. The fraction of sp³-hybridized carbons (Fsp3) is 0.909. The Bertz CT molecular complexity index is 239. The van der Waals surface area contributed by atoms with Crippen molar-refractivity contribution < 1.29 is 14.6 Å². The Morgan fingerprint density at radius 1 is 1.29 bits per heavy atom. The van der Waals surface area contributed by atoms with Gasteiger partial charge in [0.05, 0.1) is 17.6 Å². The quantitative estimate of drug-likeness (QED) is 0.701. The Morgan fingerprint density at radius 3 is 2.14 bits per heavy atom. The average Bonchev–Trinajstić information content (AvgIpc) is 1.99. The van der Waals surface area contributed by atoms with Crippen LogP contribution in [0.2, 0.25) is 0 Å². The highest BCUT2D eigenvalue weighted by Gasteiger charge is 2.62. The van der Waals surface area contributed by atoms with Crippen LogP contribution in [0.4, 0.5) is 0 Å². The zero-order chi connectivity index (χ0) is 10.2. The fourth-order valence-electron chi connectivity index (χ4n) is 2.65. The third-order valence-corrected chi connectivity index (χ3v) is 3.94. The molecule has 0 unspecified atom stereocenters. The predicted molar refractivity (Wildman–Crippen MR) is 51.7 cm³/mol. The first kappa shape index (κ1) is 9.97. The second kappa shape index (κ2) is 3.23. The highest BCUT2D eigenvalue weighted by molar-refractivity contribution is 5.79. The zero-order valence-corrected chi connectivity index (χ0v) is 8.71. The van der Waals surface area contributed by atoms with Crippen molar-refractivity contribution in [3.63, 3.8) is 0 Å². The maximum atomic E-state index is 11.8. The summed E-state index contributed by atoms with van der Waals surface area (Å²) in [5, 5.41) is 10.3. The van der Waals surface area contributed by atoms with Crippen LogP contribution in [0.5, 0.6) is 0 Å². The summed E-state index contributed by atoms with van der Waals surface area (Å²) in [4.78, 5) is 11.8. The smallest absolute Gasteiger partial charge is 0.314 e. The van der Waals surface area contributed by atoms with E-state index in [2.05, 4.69) is 0 Å². The minimum Gasteiger partial charge on any atom is -0.465 e. The van der Waals surface area contributed by atoms with E-state index in [-0.39, 0.29) is 5.97 Å². The Balaban J connectivity index is 2.13. The lowest BCUT2D eigenvalue weighted by Gasteiger charge is -2.55. The molecule has 3 heteroatoms. The first-order valence-corrected chi connectivity index (χ1v) is 5.54. The number of aliphatic hydroxyl groups is 1. The number of esters is 1. The van der Waals surface area contributed by atoms with Gasteiger partial charge in [0, 0.05) is 0 Å². The topological polar surface area (TPSA) is 46.5 Å². The minimum absolute atomic E-state index is 0.173. The normalized spacial score (nSPS) is 27.3. The van der Waals surface area contributed by atoms with Crippen LogP contribution >= 0.6 is 0 Å². The molecule has 0 aromatic carbocycles. The zero-order valence-electron chi connectivity index (χ0n) is 8.71. The van der Waals surface area contributed by atoms with Gasteiger partial charge >= 0.3 is 5.97 Å². The molecule has 0 aromatic heterocycles. The van der Waals surface area contributed by atoms with E-state index in [9.17, 15) is 9.90 Å². The molecule has 1 N–H and O–H groups in total. The maximum Gasteiger partial charge on any atom is 0.314 e. The summed E-state index contributed by atoms with van der Waals surface area (Å²) in [6.45, 7) is 2.23. The molecule has 0 bridgehead atoms. The van der Waals surface area contributed by atoms with Crippen LogP contribution in [0.25, 0.3) is 0 Å². The molecule has 0 amide bonds. The van der Waals surface area contributed by atoms with Gasteiger partial charge in [-0.15, -0.1) is 0 Å². The van der Waals surface area contributed by atoms with Crippen LogP contribution in [0.1, 0.15) is 45.4 Å². The number of ether oxygens (including phenoxy) is 1. The lowest BCUT2D eigenvalue weighted by Crippen LogP contribution is -2.61. The molecule has 0 heterocycles. The third-order valence-electron chi connectivity index (χ3n) is 3.94. The number of carbonyl (C=O) groups is 1. The van der Waals surface area contributed by atoms with Gasteiger partial charge in [-0.05, 0) is 39.0 Å². The van der Waals surface area contributed by atoms with Crippen molar-refractivity contribution >= 4 is 5.97 Å². The van der Waals surface area contributed by atoms with Crippen molar-refractivity contribution in [2.75, 3.05) is 6.61 Å². The standard InChI is InChI=1S/C11H18O3/c1-2-14-9(12)10(5-3-6-10)11(13)7-4-8-11/h13H,2-8H2,1H3. The molecule has 0 aliphatic heterocycles. The second-order valence-corrected chi connectivity index (χ2v) is 4.54. The van der Waals surface area contributed by atoms with Gasteiger partial charge in [0.1, 0.15) is 0 Å². The first-order chi connectivity index (χ1) is 6.65. The van der Waals surface area contributed by atoms with Crippen molar-refractivity contribution in [2.45, 2.75) is 51.0 Å². The van der Waals surface area contributed by atoms with Gasteiger partial charge in [-0.1, -0.05) is 6.42 Å². The predicted octanol–water partition coefficient (Wildman–Crippen LogP) is 1.63. The highest BCUT2D eigenvalue weighted by atomic mass is 16.5. The summed E-state index contributed by atoms with van der Waals surface area (Å²) >= 11 is 0. The molecule has 2 fully saturated rings. The van der Waals surface area contributed by atoms with E-state index in [0.29, 0.717) is 6.61 Å². The molecular formula is C11H18O3. The summed E-state index contributed by atoms with van der Waals surface area (Å²) in [5.41, 5.74) is -1.28. The number of hydrogen-bond acceptors (Lipinski definition) is 3. The van der Waals surface area contributed by atoms with Crippen LogP contribution in [-0.4, -0.2) is 23.3 Å². The molecule has 0 saturated heterocycles. The molecule has 2 rings (SSSR count). The molecule has 2 aliphatic rings. The average molecular weight is 198 g/mol. The lowest BCUT2D eigenvalue weighted by atomic mass is 9.52. The number of carbonyl (C=O) groups excluding carboxylic acids is 1. The maximum absolute atomic E-state index is 11.8. The van der Waals surface area contributed by atoms with Gasteiger partial charge in [-0.3, -0.25) is 4.79 Å². The van der Waals surface area contributed by atoms with Crippen LogP contribution in [-0.2, 0) is 9.53 Å². The monoisotopic (exact) mass is 198 g/mol. The molecule has 0 radical (unpaired) electrons. The molecule has 80 valence electrons. The van der Waals surface area contributed by atoms with Crippen LogP contribution < -0.4 is 0 Å². The summed E-state index contributed by atoms with van der Waals surface area (Å²) in [5.74, 6) is -0.173. The van der Waals surface area contributed by atoms with Crippen molar-refractivity contribution in [3.8, 4) is 0 Å². The fourth-order valence-corrected chi connectivity index (χ4v) is 2.65. The van der Waals surface area contributed by atoms with Crippen molar-refractivity contribution in [1.82, 2.24) is 0 Å². The lowest BCUT2D eigenvalue weighted by molar-refractivity contribution is -0.207. The van der Waals surface area contributed by atoms with Crippen molar-refractivity contribution in [3.05, 3.63) is 0 Å². The van der Waals surface area contributed by atoms with E-state index in [4.69, 9.17) is 4.74 Å². The van der Waals surface area contributed by atoms with E-state index < -0.39 is 11.0 Å². The van der Waals surface area contributed by atoms with E-state index >= 15 is 0 Å². The van der Waals surface area contributed by atoms with E-state index in [0.717, 1.165) is 38.5 Å². The summed E-state index contributed by atoms with van der Waals surface area (Å²) in [6.07, 6.45) is 5.24. The molecule has 3 nitrogen and oxygen atoms in total. The molecule has 2 saturated carbocycles. The van der Waals surface area contributed by atoms with Gasteiger partial charge in [0.25, 0.3) is 0 Å². The summed E-state index contributed by atoms with van der Waals surface area (Å²) in [6, 6.07) is 0. The Morgan fingerprint density at radius 2 is 1.86 bits per heavy atom. The van der Waals surface area contributed by atoms with Gasteiger partial charge in [0.2, 0.25) is 0 Å². The number of rotatable bonds is 3. The summed E-state index contributed by atoms with van der Waals surface area (Å²) in [7, 11) is 0. The van der Waals surface area contributed by atoms with Gasteiger partial charge < -0.3 is 9.84 Å². The molecule has 0 aromatic rings. The van der Waals surface area contributed by atoms with Crippen LogP contribution in [0.15, 0.2) is 0 Å². The molecule has 0 atom stereocenters. The van der Waals surface area contributed by atoms with Gasteiger partial charge in [-0.2, -0.15) is 0 Å². The third kappa shape index (κ3) is 1.11.